The van der Waals surface area contributed by atoms with E-state index >= 15 is 0 Å². The number of rotatable bonds is 2. The molecule has 0 unspecified atom stereocenters. The van der Waals surface area contributed by atoms with Crippen molar-refractivity contribution in [1.29, 1.82) is 0 Å². The minimum atomic E-state index is -0.667. The zero-order chi connectivity index (χ0) is 17.4. The molecule has 9 nitrogen and oxygen atoms in total. The third kappa shape index (κ3) is 5.50. The molecule has 1 saturated heterocycles. The largest absolute Gasteiger partial charge is 0.393 e. The molecule has 5 N–H and O–H groups in total. The van der Waals surface area contributed by atoms with Crippen LogP contribution in [0.4, 0.5) is 10.5 Å². The normalized spacial score (nSPS) is 18.5. The van der Waals surface area contributed by atoms with Crippen molar-refractivity contribution in [1.82, 2.24) is 15.1 Å². The lowest BCUT2D eigenvalue weighted by molar-refractivity contribution is 0.0564. The number of carbonyl (C=O) groups is 2. The highest BCUT2D eigenvalue weighted by atomic mass is 16.5. The maximum atomic E-state index is 11.8. The topological polar surface area (TPSA) is 134 Å². The van der Waals surface area contributed by atoms with Gasteiger partial charge in [-0.2, -0.15) is 5.10 Å². The number of nitrogens with two attached hydrogens (primary N) is 1. The number of amides is 3. The van der Waals surface area contributed by atoms with Crippen LogP contribution in [0.1, 0.15) is 42.6 Å². The summed E-state index contributed by atoms with van der Waals surface area (Å²) in [5.74, 6) is -0.667. The van der Waals surface area contributed by atoms with Gasteiger partial charge >= 0.3 is 6.03 Å². The molecule has 1 aromatic heterocycles. The Morgan fingerprint density at radius 3 is 2.50 bits per heavy atom. The molecule has 0 spiro atoms. The molecule has 1 saturated carbocycles. The molecular weight excluding hydrogens is 314 g/mol. The number of aliphatic hydroxyl groups is 1. The third-order valence-electron chi connectivity index (χ3n) is 4.00. The molecular formula is C15H25N5O4. The van der Waals surface area contributed by atoms with Crippen LogP contribution in [0.2, 0.25) is 0 Å². The summed E-state index contributed by atoms with van der Waals surface area (Å²) in [7, 11) is 0. The number of nitrogens with zero attached hydrogens (tertiary/aromatic N) is 2. The fourth-order valence-electron chi connectivity index (χ4n) is 2.61. The predicted octanol–water partition coefficient (Wildman–Crippen LogP) is 0.684. The minimum Gasteiger partial charge on any atom is -0.393 e. The van der Waals surface area contributed by atoms with Gasteiger partial charge in [0, 0.05) is 13.1 Å². The van der Waals surface area contributed by atoms with Gasteiger partial charge in [-0.25, -0.2) is 4.79 Å². The molecule has 3 rings (SSSR count). The van der Waals surface area contributed by atoms with Crippen LogP contribution >= 0.6 is 0 Å². The summed E-state index contributed by atoms with van der Waals surface area (Å²) < 4.78 is 5.13. The molecule has 2 fully saturated rings. The Hall–Kier alpha value is -2.13. The summed E-state index contributed by atoms with van der Waals surface area (Å²) in [6.07, 6.45) is 7.27. The van der Waals surface area contributed by atoms with Gasteiger partial charge in [-0.15, -0.1) is 0 Å². The molecule has 134 valence electrons. The fourth-order valence-corrected chi connectivity index (χ4v) is 2.61. The van der Waals surface area contributed by atoms with Gasteiger partial charge in [0.05, 0.1) is 31.2 Å². The van der Waals surface area contributed by atoms with E-state index in [4.69, 9.17) is 15.6 Å². The molecule has 1 aliphatic heterocycles. The van der Waals surface area contributed by atoms with Crippen LogP contribution in [-0.4, -0.2) is 64.5 Å². The molecule has 0 atom stereocenters. The minimum absolute atomic E-state index is 0.0359. The van der Waals surface area contributed by atoms with Crippen LogP contribution in [0.25, 0.3) is 0 Å². The van der Waals surface area contributed by atoms with Gasteiger partial charge in [-0.3, -0.25) is 9.89 Å². The molecule has 0 bridgehead atoms. The van der Waals surface area contributed by atoms with Gasteiger partial charge in [0.15, 0.2) is 0 Å². The first-order valence-electron chi connectivity index (χ1n) is 8.23. The Balaban J connectivity index is 0.000000249. The van der Waals surface area contributed by atoms with Crippen LogP contribution in [-0.2, 0) is 4.74 Å². The zero-order valence-corrected chi connectivity index (χ0v) is 13.7. The Labute approximate surface area is 140 Å². The fraction of sp³-hybridized carbons (Fsp3) is 0.667. The van der Waals surface area contributed by atoms with E-state index in [9.17, 15) is 9.59 Å². The second-order valence-corrected chi connectivity index (χ2v) is 5.84. The van der Waals surface area contributed by atoms with Crippen LogP contribution in [0.5, 0.6) is 0 Å². The smallest absolute Gasteiger partial charge is 0.322 e. The predicted molar refractivity (Wildman–Crippen MR) is 87.6 cm³/mol. The number of carbonyl (C=O) groups excluding carboxylic acids is 2. The number of ether oxygens (including phenoxy) is 1. The second-order valence-electron chi connectivity index (χ2n) is 5.84. The summed E-state index contributed by atoms with van der Waals surface area (Å²) in [6, 6.07) is -0.294. The molecule has 0 radical (unpaired) electrons. The van der Waals surface area contributed by atoms with Crippen molar-refractivity contribution in [2.75, 3.05) is 31.6 Å². The standard InChI is InChI=1S/C9H13N5O3.C6H12O/c10-8(15)7-6(5-11-13-7)12-9(16)14-1-3-17-4-2-14;7-6-4-2-1-3-5-6/h5H,1-4H2,(H2,10,15)(H,11,13)(H,12,16);6-7H,1-5H2. The third-order valence-corrected chi connectivity index (χ3v) is 4.00. The molecule has 0 aromatic carbocycles. The molecule has 9 heteroatoms. The molecule has 24 heavy (non-hydrogen) atoms. The van der Waals surface area contributed by atoms with Gasteiger partial charge in [0.25, 0.3) is 5.91 Å². The van der Waals surface area contributed by atoms with Crippen molar-refractivity contribution in [2.45, 2.75) is 38.2 Å². The summed E-state index contributed by atoms with van der Waals surface area (Å²) in [5, 5.41) is 17.6. The number of primary amides is 1. The summed E-state index contributed by atoms with van der Waals surface area (Å²) in [5.41, 5.74) is 5.49. The Bertz CT molecular complexity index is 536. The highest BCUT2D eigenvalue weighted by Gasteiger charge is 2.19. The molecule has 1 aliphatic carbocycles. The van der Waals surface area contributed by atoms with Crippen molar-refractivity contribution in [3.63, 3.8) is 0 Å². The van der Waals surface area contributed by atoms with E-state index in [1.807, 2.05) is 0 Å². The Kier molecular flexibility index (Phi) is 7.01. The van der Waals surface area contributed by atoms with Gasteiger partial charge in [0.1, 0.15) is 5.69 Å². The molecule has 1 aromatic rings. The van der Waals surface area contributed by atoms with Crippen LogP contribution in [0.3, 0.4) is 0 Å². The van der Waals surface area contributed by atoms with E-state index in [-0.39, 0.29) is 23.5 Å². The van der Waals surface area contributed by atoms with Crippen LogP contribution in [0.15, 0.2) is 6.20 Å². The van der Waals surface area contributed by atoms with Crippen LogP contribution < -0.4 is 11.1 Å². The van der Waals surface area contributed by atoms with E-state index in [1.54, 1.807) is 4.90 Å². The van der Waals surface area contributed by atoms with Crippen molar-refractivity contribution in [2.24, 2.45) is 5.73 Å². The number of hydrogen-bond donors (Lipinski definition) is 4. The molecule has 3 amide bonds. The van der Waals surface area contributed by atoms with Gasteiger partial charge in [0.2, 0.25) is 0 Å². The van der Waals surface area contributed by atoms with E-state index in [1.165, 1.54) is 25.5 Å². The van der Waals surface area contributed by atoms with E-state index in [2.05, 4.69) is 15.5 Å². The maximum Gasteiger partial charge on any atom is 0.322 e. The quantitative estimate of drug-likeness (QED) is 0.629. The SMILES string of the molecule is NC(=O)c1[nH]ncc1NC(=O)N1CCOCC1.OC1CCCCC1. The number of anilines is 1. The number of hydrogen-bond acceptors (Lipinski definition) is 5. The number of aromatic nitrogens is 2. The number of aliphatic hydroxyl groups excluding tert-OH is 1. The number of aromatic amines is 1. The number of H-pyrrole nitrogens is 1. The zero-order valence-electron chi connectivity index (χ0n) is 13.7. The van der Waals surface area contributed by atoms with Crippen LogP contribution in [0, 0.1) is 0 Å². The first kappa shape index (κ1) is 18.2. The number of morpholine rings is 1. The summed E-state index contributed by atoms with van der Waals surface area (Å²) in [6.45, 7) is 2.08. The lowest BCUT2D eigenvalue weighted by Gasteiger charge is -2.26. The van der Waals surface area contributed by atoms with E-state index in [0.29, 0.717) is 26.3 Å². The highest BCUT2D eigenvalue weighted by Crippen LogP contribution is 2.16. The summed E-state index contributed by atoms with van der Waals surface area (Å²) >= 11 is 0. The number of urea groups is 1. The first-order valence-corrected chi connectivity index (χ1v) is 8.23. The lowest BCUT2D eigenvalue weighted by atomic mass is 9.98. The highest BCUT2D eigenvalue weighted by molar-refractivity contribution is 6.00. The van der Waals surface area contributed by atoms with Crippen molar-refractivity contribution < 1.29 is 19.4 Å². The average molecular weight is 339 g/mol. The molecule has 2 heterocycles. The lowest BCUT2D eigenvalue weighted by Crippen LogP contribution is -2.43. The van der Waals surface area contributed by atoms with Gasteiger partial charge in [-0.05, 0) is 12.8 Å². The van der Waals surface area contributed by atoms with Gasteiger partial charge in [-0.1, -0.05) is 19.3 Å². The van der Waals surface area contributed by atoms with Gasteiger partial charge < -0.3 is 25.8 Å². The van der Waals surface area contributed by atoms with Crippen molar-refractivity contribution in [3.8, 4) is 0 Å². The summed E-state index contributed by atoms with van der Waals surface area (Å²) in [4.78, 5) is 24.4. The van der Waals surface area contributed by atoms with Crippen molar-refractivity contribution >= 4 is 17.6 Å². The van der Waals surface area contributed by atoms with E-state index in [0.717, 1.165) is 12.8 Å². The monoisotopic (exact) mass is 339 g/mol. The Morgan fingerprint density at radius 2 is 1.96 bits per heavy atom. The Morgan fingerprint density at radius 1 is 1.29 bits per heavy atom. The second kappa shape index (κ2) is 9.24. The average Bonchev–Trinajstić information content (AvgIpc) is 3.05. The number of nitrogens with one attached hydrogen (secondary N) is 2. The maximum absolute atomic E-state index is 11.8. The first-order chi connectivity index (χ1) is 11.6. The molecule has 2 aliphatic rings. The van der Waals surface area contributed by atoms with Crippen molar-refractivity contribution in [3.05, 3.63) is 11.9 Å². The van der Waals surface area contributed by atoms with E-state index < -0.39 is 5.91 Å².